The van der Waals surface area contributed by atoms with Crippen LogP contribution in [0.15, 0.2) is 35.7 Å². The van der Waals surface area contributed by atoms with Crippen molar-refractivity contribution in [3.63, 3.8) is 0 Å². The van der Waals surface area contributed by atoms with Crippen molar-refractivity contribution in [2.24, 2.45) is 0 Å². The van der Waals surface area contributed by atoms with Crippen molar-refractivity contribution in [2.45, 2.75) is 13.0 Å². The molecule has 1 aliphatic rings. The summed E-state index contributed by atoms with van der Waals surface area (Å²) in [5.74, 6) is -1.82. The van der Waals surface area contributed by atoms with Gasteiger partial charge < -0.3 is 5.32 Å². The van der Waals surface area contributed by atoms with Gasteiger partial charge in [-0.1, -0.05) is 6.07 Å². The van der Waals surface area contributed by atoms with E-state index in [1.807, 2.05) is 17.5 Å². The predicted molar refractivity (Wildman–Crippen MR) is 89.3 cm³/mol. The molecule has 0 aliphatic carbocycles. The SMILES string of the molecule is C[C@@H](NC(=O)CN1C(=O)c2ccc([N+](=O)[O-])cc2C1=O)c1cccs1. The number of thiophene rings is 1. The maximum Gasteiger partial charge on any atom is 0.270 e. The highest BCUT2D eigenvalue weighted by Gasteiger charge is 2.37. The first-order valence-corrected chi connectivity index (χ1v) is 8.24. The molecule has 1 N–H and O–H groups in total. The second-order valence-corrected chi connectivity index (χ2v) is 6.47. The number of nitrogens with zero attached hydrogens (tertiary/aromatic N) is 2. The summed E-state index contributed by atoms with van der Waals surface area (Å²) in [7, 11) is 0. The fourth-order valence-corrected chi connectivity index (χ4v) is 3.31. The highest BCUT2D eigenvalue weighted by atomic mass is 32.1. The Labute approximate surface area is 146 Å². The average molecular weight is 359 g/mol. The average Bonchev–Trinajstić information content (AvgIpc) is 3.18. The van der Waals surface area contributed by atoms with Crippen LogP contribution in [0.1, 0.15) is 38.6 Å². The van der Waals surface area contributed by atoms with Crippen LogP contribution in [0.4, 0.5) is 5.69 Å². The number of fused-ring (bicyclic) bond motifs is 1. The molecule has 1 aromatic heterocycles. The molecule has 25 heavy (non-hydrogen) atoms. The van der Waals surface area contributed by atoms with Gasteiger partial charge in [0.25, 0.3) is 17.5 Å². The molecule has 128 valence electrons. The summed E-state index contributed by atoms with van der Waals surface area (Å²) in [5.41, 5.74) is -0.273. The van der Waals surface area contributed by atoms with Crippen molar-refractivity contribution in [3.05, 3.63) is 61.8 Å². The number of carbonyl (C=O) groups is 3. The Bertz CT molecular complexity index is 878. The highest BCUT2D eigenvalue weighted by molar-refractivity contribution is 7.10. The van der Waals surface area contributed by atoms with Crippen molar-refractivity contribution in [1.29, 1.82) is 0 Å². The van der Waals surface area contributed by atoms with Crippen LogP contribution in [-0.2, 0) is 4.79 Å². The van der Waals surface area contributed by atoms with Crippen LogP contribution in [0.3, 0.4) is 0 Å². The van der Waals surface area contributed by atoms with Gasteiger partial charge in [-0.15, -0.1) is 11.3 Å². The summed E-state index contributed by atoms with van der Waals surface area (Å²) in [5, 5.41) is 15.4. The molecule has 3 rings (SSSR count). The van der Waals surface area contributed by atoms with Gasteiger partial charge in [-0.2, -0.15) is 0 Å². The summed E-state index contributed by atoms with van der Waals surface area (Å²) < 4.78 is 0. The summed E-state index contributed by atoms with van der Waals surface area (Å²) >= 11 is 1.48. The number of nitro groups is 1. The molecule has 1 aromatic carbocycles. The number of rotatable bonds is 5. The van der Waals surface area contributed by atoms with Gasteiger partial charge >= 0.3 is 0 Å². The molecular weight excluding hydrogens is 346 g/mol. The molecule has 1 aliphatic heterocycles. The highest BCUT2D eigenvalue weighted by Crippen LogP contribution is 2.26. The lowest BCUT2D eigenvalue weighted by atomic mass is 10.1. The van der Waals surface area contributed by atoms with Crippen LogP contribution in [0, 0.1) is 10.1 Å². The Morgan fingerprint density at radius 3 is 2.64 bits per heavy atom. The number of hydrogen-bond acceptors (Lipinski definition) is 6. The number of carbonyl (C=O) groups excluding carboxylic acids is 3. The molecule has 2 heterocycles. The summed E-state index contributed by atoms with van der Waals surface area (Å²) in [4.78, 5) is 48.7. The van der Waals surface area contributed by atoms with Gasteiger partial charge in [-0.25, -0.2) is 0 Å². The number of hydrogen-bond donors (Lipinski definition) is 1. The van der Waals surface area contributed by atoms with E-state index < -0.39 is 29.2 Å². The van der Waals surface area contributed by atoms with Gasteiger partial charge in [-0.3, -0.25) is 29.4 Å². The van der Waals surface area contributed by atoms with Crippen molar-refractivity contribution in [2.75, 3.05) is 6.54 Å². The van der Waals surface area contributed by atoms with Crippen LogP contribution in [-0.4, -0.2) is 34.1 Å². The first kappa shape index (κ1) is 16.8. The van der Waals surface area contributed by atoms with E-state index in [9.17, 15) is 24.5 Å². The molecule has 9 heteroatoms. The second-order valence-electron chi connectivity index (χ2n) is 5.49. The van der Waals surface area contributed by atoms with Gasteiger partial charge in [0.2, 0.25) is 5.91 Å². The largest absolute Gasteiger partial charge is 0.347 e. The molecule has 0 radical (unpaired) electrons. The van der Waals surface area contributed by atoms with Crippen molar-refractivity contribution in [3.8, 4) is 0 Å². The number of nitrogens with one attached hydrogen (secondary N) is 1. The predicted octanol–water partition coefficient (Wildman–Crippen LogP) is 2.13. The zero-order valence-corrected chi connectivity index (χ0v) is 13.9. The van der Waals surface area contributed by atoms with Gasteiger partial charge in [-0.05, 0) is 24.4 Å². The molecule has 0 spiro atoms. The number of benzene rings is 1. The van der Waals surface area contributed by atoms with Crippen LogP contribution in [0.2, 0.25) is 0 Å². The van der Waals surface area contributed by atoms with Gasteiger partial charge in [0.15, 0.2) is 0 Å². The smallest absolute Gasteiger partial charge is 0.270 e. The topological polar surface area (TPSA) is 110 Å². The Morgan fingerprint density at radius 2 is 2.00 bits per heavy atom. The first-order chi connectivity index (χ1) is 11.9. The third-order valence-electron chi connectivity index (χ3n) is 3.81. The number of nitro benzene ring substituents is 1. The Morgan fingerprint density at radius 1 is 1.28 bits per heavy atom. The minimum Gasteiger partial charge on any atom is -0.347 e. The van der Waals surface area contributed by atoms with E-state index in [0.717, 1.165) is 21.9 Å². The van der Waals surface area contributed by atoms with Crippen LogP contribution in [0.5, 0.6) is 0 Å². The molecule has 0 saturated carbocycles. The lowest BCUT2D eigenvalue weighted by Gasteiger charge is -2.16. The fraction of sp³-hybridized carbons (Fsp3) is 0.188. The Hall–Kier alpha value is -3.07. The minimum absolute atomic E-state index is 0.0571. The molecule has 1 atom stereocenters. The van der Waals surface area contributed by atoms with Crippen molar-refractivity contribution >= 4 is 34.7 Å². The van der Waals surface area contributed by atoms with Crippen LogP contribution >= 0.6 is 11.3 Å². The van der Waals surface area contributed by atoms with E-state index in [4.69, 9.17) is 0 Å². The third-order valence-corrected chi connectivity index (χ3v) is 4.87. The lowest BCUT2D eigenvalue weighted by Crippen LogP contribution is -2.41. The summed E-state index contributed by atoms with van der Waals surface area (Å²) in [6, 6.07) is 6.94. The fourth-order valence-electron chi connectivity index (χ4n) is 2.58. The van der Waals surface area contributed by atoms with E-state index in [0.29, 0.717) is 0 Å². The van der Waals surface area contributed by atoms with Gasteiger partial charge in [0.1, 0.15) is 6.54 Å². The zero-order valence-electron chi connectivity index (χ0n) is 13.1. The van der Waals surface area contributed by atoms with Crippen molar-refractivity contribution < 1.29 is 19.3 Å². The molecule has 0 fully saturated rings. The maximum atomic E-state index is 12.3. The summed E-state index contributed by atoms with van der Waals surface area (Å²) in [6.07, 6.45) is 0. The minimum atomic E-state index is -0.706. The quantitative estimate of drug-likeness (QED) is 0.500. The zero-order chi connectivity index (χ0) is 18.1. The van der Waals surface area contributed by atoms with Crippen molar-refractivity contribution in [1.82, 2.24) is 10.2 Å². The van der Waals surface area contributed by atoms with E-state index in [-0.39, 0.29) is 22.9 Å². The van der Waals surface area contributed by atoms with Gasteiger partial charge in [0.05, 0.1) is 22.1 Å². The molecule has 0 bridgehead atoms. The molecule has 0 unspecified atom stereocenters. The normalized spacial score (nSPS) is 14.4. The summed E-state index contributed by atoms with van der Waals surface area (Å²) in [6.45, 7) is 1.37. The third kappa shape index (κ3) is 3.13. The number of amides is 3. The van der Waals surface area contributed by atoms with Gasteiger partial charge in [0, 0.05) is 17.0 Å². The lowest BCUT2D eigenvalue weighted by molar-refractivity contribution is -0.384. The van der Waals surface area contributed by atoms with Crippen LogP contribution < -0.4 is 5.32 Å². The maximum absolute atomic E-state index is 12.3. The monoisotopic (exact) mass is 359 g/mol. The van der Waals surface area contributed by atoms with E-state index in [2.05, 4.69) is 5.32 Å². The second kappa shape index (κ2) is 6.44. The molecule has 0 saturated heterocycles. The Balaban J connectivity index is 1.73. The van der Waals surface area contributed by atoms with E-state index >= 15 is 0 Å². The molecule has 2 aromatic rings. The number of non-ortho nitro benzene ring substituents is 1. The van der Waals surface area contributed by atoms with E-state index in [1.165, 1.54) is 17.4 Å². The molecular formula is C16H13N3O5S. The Kier molecular flexibility index (Phi) is 4.32. The van der Waals surface area contributed by atoms with Crippen LogP contribution in [0.25, 0.3) is 0 Å². The molecule has 3 amide bonds. The van der Waals surface area contributed by atoms with E-state index in [1.54, 1.807) is 6.92 Å². The number of imide groups is 1. The standard InChI is InChI=1S/C16H13N3O5S/c1-9(13-3-2-6-25-13)17-14(20)8-18-15(21)11-5-4-10(19(23)24)7-12(11)16(18)22/h2-7,9H,8H2,1H3,(H,17,20)/t9-/m1/s1. The first-order valence-electron chi connectivity index (χ1n) is 7.36. The molecule has 8 nitrogen and oxygen atoms in total.